The number of rotatable bonds is 5. The smallest absolute Gasteiger partial charge is 0.242 e. The predicted octanol–water partition coefficient (Wildman–Crippen LogP) is 3.77. The van der Waals surface area contributed by atoms with Crippen LogP contribution in [0.2, 0.25) is 5.02 Å². The van der Waals surface area contributed by atoms with Gasteiger partial charge >= 0.3 is 0 Å². The van der Waals surface area contributed by atoms with Crippen LogP contribution in [0.15, 0.2) is 42.9 Å². The van der Waals surface area contributed by atoms with Gasteiger partial charge in [0, 0.05) is 62.3 Å². The van der Waals surface area contributed by atoms with E-state index in [0.717, 1.165) is 42.0 Å². The molecule has 1 amide bonds. The summed E-state index contributed by atoms with van der Waals surface area (Å²) in [6.45, 7) is 3.64. The lowest BCUT2D eigenvalue weighted by Gasteiger charge is -2.33. The van der Waals surface area contributed by atoms with Crippen molar-refractivity contribution in [1.82, 2.24) is 24.4 Å². The van der Waals surface area contributed by atoms with Gasteiger partial charge in [-0.3, -0.25) is 4.79 Å². The topological polar surface area (TPSA) is 67.2 Å². The highest BCUT2D eigenvalue weighted by Gasteiger charge is 2.28. The Kier molecular flexibility index (Phi) is 6.23. The van der Waals surface area contributed by atoms with Crippen molar-refractivity contribution < 1.29 is 4.79 Å². The largest absolute Gasteiger partial charge is 0.347 e. The fourth-order valence-corrected chi connectivity index (χ4v) is 4.13. The number of hydrogen-bond acceptors (Lipinski definition) is 5. The SMILES string of the molecule is Cc1nccn1CC(=O)N1CCCC(c2nc(N(C)C)ncc2-c2ccc(Cl)cc2)C1. The number of hydrogen-bond donors (Lipinski definition) is 0. The highest BCUT2D eigenvalue weighted by atomic mass is 35.5. The molecular formula is C23H27ClN6O. The van der Waals surface area contributed by atoms with Crippen LogP contribution in [0.4, 0.5) is 5.95 Å². The summed E-state index contributed by atoms with van der Waals surface area (Å²) in [5, 5.41) is 0.695. The monoisotopic (exact) mass is 438 g/mol. The number of aryl methyl sites for hydroxylation is 1. The summed E-state index contributed by atoms with van der Waals surface area (Å²) in [4.78, 5) is 30.5. The standard InChI is InChI=1S/C23H27ClN6O/c1-16-25-10-12-29(16)15-21(31)30-11-4-5-18(14-30)22-20(13-26-23(27-22)28(2)3)17-6-8-19(24)9-7-17/h6-10,12-13,18H,4-5,11,14-15H2,1-3H3. The second kappa shape index (κ2) is 9.06. The first kappa shape index (κ1) is 21.3. The lowest BCUT2D eigenvalue weighted by atomic mass is 9.90. The van der Waals surface area contributed by atoms with Gasteiger partial charge in [0.25, 0.3) is 0 Å². The normalized spacial score (nSPS) is 16.4. The van der Waals surface area contributed by atoms with Crippen LogP contribution in [0.1, 0.15) is 30.3 Å². The minimum atomic E-state index is 0.112. The van der Waals surface area contributed by atoms with E-state index in [4.69, 9.17) is 16.6 Å². The molecule has 1 aromatic carbocycles. The zero-order valence-electron chi connectivity index (χ0n) is 18.1. The van der Waals surface area contributed by atoms with Gasteiger partial charge in [-0.1, -0.05) is 23.7 Å². The summed E-state index contributed by atoms with van der Waals surface area (Å²) in [6.07, 6.45) is 7.39. The van der Waals surface area contributed by atoms with Gasteiger partial charge in [-0.05, 0) is 37.5 Å². The van der Waals surface area contributed by atoms with Crippen LogP contribution in [0.5, 0.6) is 0 Å². The number of carbonyl (C=O) groups excluding carboxylic acids is 1. The molecule has 2 aromatic heterocycles. The molecule has 4 rings (SSSR count). The average molecular weight is 439 g/mol. The third-order valence-corrected chi connectivity index (χ3v) is 6.00. The molecule has 7 nitrogen and oxygen atoms in total. The van der Waals surface area contributed by atoms with Crippen LogP contribution in [0.3, 0.4) is 0 Å². The Morgan fingerprint density at radius 3 is 2.68 bits per heavy atom. The Morgan fingerprint density at radius 1 is 1.23 bits per heavy atom. The Bertz CT molecular complexity index is 1060. The van der Waals surface area contributed by atoms with E-state index in [1.54, 1.807) is 6.20 Å². The molecule has 31 heavy (non-hydrogen) atoms. The van der Waals surface area contributed by atoms with Crippen molar-refractivity contribution in [3.8, 4) is 11.1 Å². The van der Waals surface area contributed by atoms with E-state index in [0.29, 0.717) is 24.1 Å². The molecule has 1 unspecified atom stereocenters. The van der Waals surface area contributed by atoms with E-state index in [1.807, 2.05) is 72.0 Å². The lowest BCUT2D eigenvalue weighted by Crippen LogP contribution is -2.41. The summed E-state index contributed by atoms with van der Waals surface area (Å²) in [6, 6.07) is 7.75. The molecule has 8 heteroatoms. The molecule has 0 N–H and O–H groups in total. The first-order valence-electron chi connectivity index (χ1n) is 10.5. The van der Waals surface area contributed by atoms with Crippen LogP contribution < -0.4 is 4.90 Å². The fraction of sp³-hybridized carbons (Fsp3) is 0.391. The van der Waals surface area contributed by atoms with Crippen molar-refractivity contribution in [1.29, 1.82) is 0 Å². The number of likely N-dealkylation sites (tertiary alicyclic amines) is 1. The van der Waals surface area contributed by atoms with Gasteiger partial charge in [0.2, 0.25) is 11.9 Å². The van der Waals surface area contributed by atoms with E-state index in [-0.39, 0.29) is 11.8 Å². The van der Waals surface area contributed by atoms with E-state index in [9.17, 15) is 4.79 Å². The van der Waals surface area contributed by atoms with E-state index in [2.05, 4.69) is 9.97 Å². The molecule has 162 valence electrons. The maximum atomic E-state index is 13.0. The Labute approximate surface area is 187 Å². The van der Waals surface area contributed by atoms with E-state index < -0.39 is 0 Å². The number of aromatic nitrogens is 4. The Hall–Kier alpha value is -2.93. The molecule has 1 saturated heterocycles. The molecule has 1 aliphatic rings. The van der Waals surface area contributed by atoms with Crippen LogP contribution in [0, 0.1) is 6.92 Å². The molecule has 0 aliphatic carbocycles. The number of anilines is 1. The molecule has 0 radical (unpaired) electrons. The summed E-state index contributed by atoms with van der Waals surface area (Å²) < 4.78 is 1.89. The van der Waals surface area contributed by atoms with Crippen molar-refractivity contribution in [3.05, 3.63) is 59.4 Å². The third-order valence-electron chi connectivity index (χ3n) is 5.75. The minimum absolute atomic E-state index is 0.112. The molecular weight excluding hydrogens is 412 g/mol. The highest BCUT2D eigenvalue weighted by Crippen LogP contribution is 2.34. The number of imidazole rings is 1. The number of benzene rings is 1. The first-order chi connectivity index (χ1) is 14.9. The van der Waals surface area contributed by atoms with Crippen molar-refractivity contribution in [2.24, 2.45) is 0 Å². The molecule has 0 saturated carbocycles. The zero-order valence-corrected chi connectivity index (χ0v) is 18.9. The lowest BCUT2D eigenvalue weighted by molar-refractivity contribution is -0.133. The van der Waals surface area contributed by atoms with Gasteiger partial charge in [0.05, 0.1) is 5.69 Å². The number of amides is 1. The summed E-state index contributed by atoms with van der Waals surface area (Å²) in [7, 11) is 3.87. The third kappa shape index (κ3) is 4.71. The van der Waals surface area contributed by atoms with Crippen molar-refractivity contribution in [2.45, 2.75) is 32.2 Å². The molecule has 1 atom stereocenters. The zero-order chi connectivity index (χ0) is 22.0. The molecule has 3 aromatic rings. The van der Waals surface area contributed by atoms with Gasteiger partial charge in [-0.25, -0.2) is 15.0 Å². The number of nitrogens with zero attached hydrogens (tertiary/aromatic N) is 6. The first-order valence-corrected chi connectivity index (χ1v) is 10.9. The van der Waals surface area contributed by atoms with Gasteiger partial charge in [0.15, 0.2) is 0 Å². The fourth-order valence-electron chi connectivity index (χ4n) is 4.01. The van der Waals surface area contributed by atoms with Gasteiger partial charge in [-0.2, -0.15) is 0 Å². The number of halogens is 1. The second-order valence-corrected chi connectivity index (χ2v) is 8.59. The predicted molar refractivity (Wildman–Crippen MR) is 122 cm³/mol. The van der Waals surface area contributed by atoms with Gasteiger partial charge < -0.3 is 14.4 Å². The van der Waals surface area contributed by atoms with Gasteiger partial charge in [0.1, 0.15) is 12.4 Å². The van der Waals surface area contributed by atoms with Crippen LogP contribution >= 0.6 is 11.6 Å². The van der Waals surface area contributed by atoms with Crippen LogP contribution in [0.25, 0.3) is 11.1 Å². The average Bonchev–Trinajstić information content (AvgIpc) is 3.18. The number of piperidine rings is 1. The van der Waals surface area contributed by atoms with Crippen LogP contribution in [-0.2, 0) is 11.3 Å². The maximum Gasteiger partial charge on any atom is 0.242 e. The molecule has 0 bridgehead atoms. The summed E-state index contributed by atoms with van der Waals surface area (Å²) >= 11 is 6.09. The summed E-state index contributed by atoms with van der Waals surface area (Å²) in [5.74, 6) is 1.78. The van der Waals surface area contributed by atoms with Crippen molar-refractivity contribution in [2.75, 3.05) is 32.1 Å². The highest BCUT2D eigenvalue weighted by molar-refractivity contribution is 6.30. The number of carbonyl (C=O) groups is 1. The quantitative estimate of drug-likeness (QED) is 0.606. The summed E-state index contributed by atoms with van der Waals surface area (Å²) in [5.41, 5.74) is 3.01. The molecule has 0 spiro atoms. The van der Waals surface area contributed by atoms with Crippen molar-refractivity contribution in [3.63, 3.8) is 0 Å². The van der Waals surface area contributed by atoms with E-state index >= 15 is 0 Å². The van der Waals surface area contributed by atoms with E-state index in [1.165, 1.54) is 0 Å². The molecule has 1 aliphatic heterocycles. The van der Waals surface area contributed by atoms with Gasteiger partial charge in [-0.15, -0.1) is 0 Å². The molecule has 1 fully saturated rings. The second-order valence-electron chi connectivity index (χ2n) is 8.15. The maximum absolute atomic E-state index is 13.0. The molecule has 3 heterocycles. The minimum Gasteiger partial charge on any atom is -0.347 e. The Morgan fingerprint density at radius 2 is 2.00 bits per heavy atom. The van der Waals surface area contributed by atoms with Crippen molar-refractivity contribution >= 4 is 23.5 Å². The Balaban J connectivity index is 1.62. The van der Waals surface area contributed by atoms with Crippen LogP contribution in [-0.4, -0.2) is 57.5 Å².